The minimum atomic E-state index is 0.342. The first kappa shape index (κ1) is 15.0. The summed E-state index contributed by atoms with van der Waals surface area (Å²) >= 11 is 6.11. The molecule has 0 spiro atoms. The van der Waals surface area contributed by atoms with Crippen molar-refractivity contribution in [2.24, 2.45) is 0 Å². The first-order chi connectivity index (χ1) is 8.58. The second-order valence-corrected chi connectivity index (χ2v) is 4.96. The lowest BCUT2D eigenvalue weighted by Crippen LogP contribution is -1.99. The van der Waals surface area contributed by atoms with Crippen LogP contribution < -0.4 is 4.74 Å². The molecule has 0 N–H and O–H groups in total. The van der Waals surface area contributed by atoms with Crippen LogP contribution >= 0.6 is 11.6 Å². The average molecular weight is 269 g/mol. The molecule has 2 nitrogen and oxygen atoms in total. The molecule has 0 saturated carbocycles. The molecule has 0 aliphatic rings. The lowest BCUT2D eigenvalue weighted by Gasteiger charge is -2.10. The molecule has 0 radical (unpaired) electrons. The maximum atomic E-state index is 11.5. The van der Waals surface area contributed by atoms with E-state index >= 15 is 0 Å². The Morgan fingerprint density at radius 2 is 2.06 bits per heavy atom. The molecule has 0 fully saturated rings. The van der Waals surface area contributed by atoms with Gasteiger partial charge in [0.2, 0.25) is 0 Å². The summed E-state index contributed by atoms with van der Waals surface area (Å²) in [6.45, 7) is 3.99. The molecule has 0 saturated heterocycles. The average Bonchev–Trinajstić information content (AvgIpc) is 2.33. The number of aryl methyl sites for hydroxylation is 2. The molecule has 0 heterocycles. The molecule has 0 bridgehead atoms. The Morgan fingerprint density at radius 3 is 2.67 bits per heavy atom. The number of carbonyl (C=O) groups is 1. The van der Waals surface area contributed by atoms with Gasteiger partial charge in [0.1, 0.15) is 11.5 Å². The van der Waals surface area contributed by atoms with Gasteiger partial charge in [-0.05, 0) is 49.4 Å². The van der Waals surface area contributed by atoms with Crippen molar-refractivity contribution in [2.45, 2.75) is 46.0 Å². The number of halogens is 1. The van der Waals surface area contributed by atoms with Crippen molar-refractivity contribution in [1.29, 1.82) is 0 Å². The van der Waals surface area contributed by atoms with Crippen LogP contribution in [-0.2, 0) is 11.2 Å². The van der Waals surface area contributed by atoms with Crippen molar-refractivity contribution >= 4 is 17.4 Å². The van der Waals surface area contributed by atoms with Gasteiger partial charge in [0.25, 0.3) is 0 Å². The second kappa shape index (κ2) is 7.42. The van der Waals surface area contributed by atoms with Gasteiger partial charge in [-0.15, -0.1) is 0 Å². The van der Waals surface area contributed by atoms with Gasteiger partial charge in [0.15, 0.2) is 0 Å². The van der Waals surface area contributed by atoms with E-state index in [2.05, 4.69) is 0 Å². The summed E-state index contributed by atoms with van der Waals surface area (Å²) in [6.07, 6.45) is 3.94. The Morgan fingerprint density at radius 1 is 1.33 bits per heavy atom. The van der Waals surface area contributed by atoms with Gasteiger partial charge in [-0.25, -0.2) is 0 Å². The van der Waals surface area contributed by atoms with E-state index in [0.717, 1.165) is 41.2 Å². The van der Waals surface area contributed by atoms with Crippen LogP contribution in [0.15, 0.2) is 12.1 Å². The standard InChI is InChI=1S/C15H21ClO2/c1-4-6-13(17)8-5-7-12-10-14(16)11(2)9-15(12)18-3/h9-10H,4-8H2,1-3H3. The molecular weight excluding hydrogens is 248 g/mol. The maximum Gasteiger partial charge on any atom is 0.132 e. The zero-order chi connectivity index (χ0) is 13.5. The number of Topliss-reactive ketones (excluding diaryl/α,β-unsaturated/α-hetero) is 1. The summed E-state index contributed by atoms with van der Waals surface area (Å²) in [4.78, 5) is 11.5. The van der Waals surface area contributed by atoms with E-state index in [0.29, 0.717) is 18.6 Å². The third-order valence-electron chi connectivity index (χ3n) is 2.99. The second-order valence-electron chi connectivity index (χ2n) is 4.56. The number of hydrogen-bond acceptors (Lipinski definition) is 2. The van der Waals surface area contributed by atoms with Gasteiger partial charge < -0.3 is 4.74 Å². The molecule has 0 aliphatic carbocycles. The number of ether oxygens (including phenoxy) is 1. The number of rotatable bonds is 7. The van der Waals surface area contributed by atoms with Crippen LogP contribution in [0, 0.1) is 6.92 Å². The fraction of sp³-hybridized carbons (Fsp3) is 0.533. The predicted octanol–water partition coefficient (Wildman–Crippen LogP) is 4.35. The summed E-state index contributed by atoms with van der Waals surface area (Å²) in [5, 5.41) is 0.755. The monoisotopic (exact) mass is 268 g/mol. The third-order valence-corrected chi connectivity index (χ3v) is 3.40. The molecular formula is C15H21ClO2. The molecule has 18 heavy (non-hydrogen) atoms. The van der Waals surface area contributed by atoms with Gasteiger partial charge in [0, 0.05) is 17.9 Å². The molecule has 0 unspecified atom stereocenters. The first-order valence-electron chi connectivity index (χ1n) is 6.43. The molecule has 0 amide bonds. The van der Waals surface area contributed by atoms with Crippen molar-refractivity contribution < 1.29 is 9.53 Å². The van der Waals surface area contributed by atoms with E-state index in [-0.39, 0.29) is 0 Å². The quantitative estimate of drug-likeness (QED) is 0.735. The van der Waals surface area contributed by atoms with E-state index in [1.807, 2.05) is 26.0 Å². The third kappa shape index (κ3) is 4.34. The summed E-state index contributed by atoms with van der Waals surface area (Å²) < 4.78 is 5.34. The maximum absolute atomic E-state index is 11.5. The van der Waals surface area contributed by atoms with Gasteiger partial charge >= 0.3 is 0 Å². The lowest BCUT2D eigenvalue weighted by atomic mass is 10.0. The summed E-state index contributed by atoms with van der Waals surface area (Å²) in [6, 6.07) is 3.89. The SMILES string of the molecule is CCCC(=O)CCCc1cc(Cl)c(C)cc1OC. The zero-order valence-corrected chi connectivity index (χ0v) is 12.1. The van der Waals surface area contributed by atoms with Gasteiger partial charge in [0.05, 0.1) is 7.11 Å². The van der Waals surface area contributed by atoms with Gasteiger partial charge in [-0.1, -0.05) is 18.5 Å². The molecule has 1 aromatic rings. The van der Waals surface area contributed by atoms with Crippen LogP contribution in [0.25, 0.3) is 0 Å². The fourth-order valence-electron chi connectivity index (χ4n) is 1.96. The summed E-state index contributed by atoms with van der Waals surface area (Å²) in [5.74, 6) is 1.20. The fourth-order valence-corrected chi connectivity index (χ4v) is 2.15. The van der Waals surface area contributed by atoms with Crippen molar-refractivity contribution in [3.05, 3.63) is 28.3 Å². The highest BCUT2D eigenvalue weighted by Gasteiger charge is 2.08. The minimum Gasteiger partial charge on any atom is -0.496 e. The zero-order valence-electron chi connectivity index (χ0n) is 11.4. The van der Waals surface area contributed by atoms with Crippen LogP contribution in [0.1, 0.15) is 43.7 Å². The highest BCUT2D eigenvalue weighted by Crippen LogP contribution is 2.27. The smallest absolute Gasteiger partial charge is 0.132 e. The molecule has 0 aromatic heterocycles. The van der Waals surface area contributed by atoms with Crippen LogP contribution in [0.3, 0.4) is 0 Å². The van der Waals surface area contributed by atoms with Crippen LogP contribution in [0.2, 0.25) is 5.02 Å². The number of methoxy groups -OCH3 is 1. The Hall–Kier alpha value is -1.02. The largest absolute Gasteiger partial charge is 0.496 e. The highest BCUT2D eigenvalue weighted by molar-refractivity contribution is 6.31. The number of benzene rings is 1. The van der Waals surface area contributed by atoms with E-state index in [4.69, 9.17) is 16.3 Å². The van der Waals surface area contributed by atoms with Crippen molar-refractivity contribution in [3.63, 3.8) is 0 Å². The lowest BCUT2D eigenvalue weighted by molar-refractivity contribution is -0.119. The normalized spacial score (nSPS) is 10.4. The van der Waals surface area contributed by atoms with E-state index in [1.54, 1.807) is 7.11 Å². The number of hydrogen-bond donors (Lipinski definition) is 0. The molecule has 100 valence electrons. The van der Waals surface area contributed by atoms with E-state index in [1.165, 1.54) is 0 Å². The van der Waals surface area contributed by atoms with Crippen LogP contribution in [0.5, 0.6) is 5.75 Å². The van der Waals surface area contributed by atoms with E-state index < -0.39 is 0 Å². The molecule has 0 atom stereocenters. The van der Waals surface area contributed by atoms with E-state index in [9.17, 15) is 4.79 Å². The summed E-state index contributed by atoms with van der Waals surface area (Å²) in [5.41, 5.74) is 2.09. The van der Waals surface area contributed by atoms with Crippen molar-refractivity contribution in [3.8, 4) is 5.75 Å². The Labute approximate surface area is 114 Å². The number of carbonyl (C=O) groups excluding carboxylic acids is 1. The van der Waals surface area contributed by atoms with Crippen molar-refractivity contribution in [2.75, 3.05) is 7.11 Å². The molecule has 0 aliphatic heterocycles. The highest BCUT2D eigenvalue weighted by atomic mass is 35.5. The van der Waals surface area contributed by atoms with Crippen LogP contribution in [0.4, 0.5) is 0 Å². The minimum absolute atomic E-state index is 0.342. The van der Waals surface area contributed by atoms with Gasteiger partial charge in [-0.2, -0.15) is 0 Å². The Bertz CT molecular complexity index is 413. The number of ketones is 1. The van der Waals surface area contributed by atoms with Gasteiger partial charge in [-0.3, -0.25) is 4.79 Å². The first-order valence-corrected chi connectivity index (χ1v) is 6.81. The van der Waals surface area contributed by atoms with Crippen molar-refractivity contribution in [1.82, 2.24) is 0 Å². The topological polar surface area (TPSA) is 26.3 Å². The molecule has 1 aromatic carbocycles. The predicted molar refractivity (Wildman–Crippen MR) is 75.6 cm³/mol. The summed E-state index contributed by atoms with van der Waals surface area (Å²) in [7, 11) is 1.66. The Kier molecular flexibility index (Phi) is 6.20. The molecule has 3 heteroatoms. The van der Waals surface area contributed by atoms with Crippen LogP contribution in [-0.4, -0.2) is 12.9 Å². The molecule has 1 rings (SSSR count). The Balaban J connectivity index is 2.61.